The molecular weight excluding hydrogens is 344 g/mol. The average molecular weight is 360 g/mol. The number of methoxy groups -OCH3 is 1. The van der Waals surface area contributed by atoms with Crippen LogP contribution in [0.2, 0.25) is 0 Å². The Morgan fingerprint density at radius 1 is 1.29 bits per heavy atom. The number of rotatable bonds is 5. The Bertz CT molecular complexity index is 891. The molecule has 5 nitrogen and oxygen atoms in total. The molecule has 0 aliphatic heterocycles. The van der Waals surface area contributed by atoms with Crippen molar-refractivity contribution in [3.63, 3.8) is 0 Å². The Hall–Kier alpha value is -2.12. The number of aromatic nitrogens is 2. The smallest absolute Gasteiger partial charge is 0.316 e. The van der Waals surface area contributed by atoms with E-state index in [0.717, 1.165) is 32.0 Å². The van der Waals surface area contributed by atoms with Crippen molar-refractivity contribution >= 4 is 39.3 Å². The van der Waals surface area contributed by atoms with Crippen molar-refractivity contribution in [1.82, 2.24) is 9.97 Å². The fourth-order valence-electron chi connectivity index (χ4n) is 2.43. The molecule has 3 rings (SSSR count). The van der Waals surface area contributed by atoms with Gasteiger partial charge in [0, 0.05) is 10.4 Å². The Labute approximate surface area is 147 Å². The molecule has 7 heteroatoms. The van der Waals surface area contributed by atoms with Crippen LogP contribution in [0.3, 0.4) is 0 Å². The van der Waals surface area contributed by atoms with Crippen molar-refractivity contribution < 1.29 is 14.6 Å². The molecule has 0 aliphatic rings. The van der Waals surface area contributed by atoms with Gasteiger partial charge in [-0.3, -0.25) is 4.79 Å². The molecule has 0 radical (unpaired) electrons. The molecule has 0 bridgehead atoms. The summed E-state index contributed by atoms with van der Waals surface area (Å²) in [6.45, 7) is 3.70. The molecule has 124 valence electrons. The van der Waals surface area contributed by atoms with Crippen molar-refractivity contribution in [2.75, 3.05) is 7.11 Å². The summed E-state index contributed by atoms with van der Waals surface area (Å²) in [5.41, 5.74) is 2.09. The first kappa shape index (κ1) is 16.7. The molecule has 1 aromatic carbocycles. The lowest BCUT2D eigenvalue weighted by atomic mass is 10.0. The van der Waals surface area contributed by atoms with E-state index in [4.69, 9.17) is 4.74 Å². The van der Waals surface area contributed by atoms with E-state index < -0.39 is 11.2 Å². The highest BCUT2D eigenvalue weighted by atomic mass is 32.2. The number of benzene rings is 1. The maximum atomic E-state index is 11.2. The van der Waals surface area contributed by atoms with Crippen LogP contribution in [0.1, 0.15) is 11.8 Å². The zero-order valence-electron chi connectivity index (χ0n) is 13.4. The third-order valence-corrected chi connectivity index (χ3v) is 5.75. The fourth-order valence-corrected chi connectivity index (χ4v) is 4.37. The maximum Gasteiger partial charge on any atom is 0.316 e. The minimum absolute atomic E-state index is 0.577. The number of thioether (sulfide) groups is 1. The van der Waals surface area contributed by atoms with Gasteiger partial charge in [0.2, 0.25) is 0 Å². The monoisotopic (exact) mass is 360 g/mol. The van der Waals surface area contributed by atoms with Crippen LogP contribution < -0.4 is 4.74 Å². The molecule has 2 heterocycles. The van der Waals surface area contributed by atoms with Gasteiger partial charge in [-0.15, -0.1) is 11.3 Å². The van der Waals surface area contributed by atoms with Gasteiger partial charge in [-0.05, 0) is 31.5 Å². The van der Waals surface area contributed by atoms with Crippen LogP contribution in [-0.2, 0) is 4.79 Å². The van der Waals surface area contributed by atoms with Gasteiger partial charge in [0.05, 0.1) is 12.5 Å². The Balaban J connectivity index is 2.16. The van der Waals surface area contributed by atoms with Gasteiger partial charge in [-0.25, -0.2) is 9.97 Å². The van der Waals surface area contributed by atoms with Gasteiger partial charge in [-0.1, -0.05) is 23.9 Å². The molecule has 0 saturated carbocycles. The summed E-state index contributed by atoms with van der Waals surface area (Å²) in [7, 11) is 1.64. The summed E-state index contributed by atoms with van der Waals surface area (Å²) in [5, 5.41) is 10.2. The number of thiophene rings is 1. The Kier molecular flexibility index (Phi) is 4.73. The summed E-state index contributed by atoms with van der Waals surface area (Å²) in [6, 6.07) is 7.81. The molecule has 0 saturated heterocycles. The predicted molar refractivity (Wildman–Crippen MR) is 97.1 cm³/mol. The van der Waals surface area contributed by atoms with Crippen LogP contribution in [0.25, 0.3) is 21.3 Å². The predicted octanol–water partition coefficient (Wildman–Crippen LogP) is 4.24. The first-order chi connectivity index (χ1) is 11.5. The van der Waals surface area contributed by atoms with Crippen molar-refractivity contribution in [3.05, 3.63) is 35.5 Å². The van der Waals surface area contributed by atoms with Gasteiger partial charge >= 0.3 is 5.97 Å². The van der Waals surface area contributed by atoms with Gasteiger partial charge in [0.15, 0.2) is 0 Å². The first-order valence-electron chi connectivity index (χ1n) is 7.29. The number of hydrogen-bond acceptors (Lipinski definition) is 6. The van der Waals surface area contributed by atoms with Crippen LogP contribution in [-0.4, -0.2) is 33.4 Å². The minimum Gasteiger partial charge on any atom is -0.497 e. The van der Waals surface area contributed by atoms with Gasteiger partial charge in [0.25, 0.3) is 0 Å². The van der Waals surface area contributed by atoms with Crippen molar-refractivity contribution in [1.29, 1.82) is 0 Å². The lowest BCUT2D eigenvalue weighted by Gasteiger charge is -2.09. The highest BCUT2D eigenvalue weighted by Crippen LogP contribution is 2.42. The number of nitrogens with zero attached hydrogens (tertiary/aromatic N) is 2. The van der Waals surface area contributed by atoms with E-state index in [0.29, 0.717) is 5.03 Å². The molecule has 0 spiro atoms. The SMILES string of the molecule is COc1ccc(-c2c(C)sc3ncnc(SC(C)C(=O)O)c23)cc1. The highest BCUT2D eigenvalue weighted by Gasteiger charge is 2.20. The third kappa shape index (κ3) is 3.09. The molecule has 1 N–H and O–H groups in total. The van der Waals surface area contributed by atoms with Crippen molar-refractivity contribution in [2.45, 2.75) is 24.1 Å². The lowest BCUT2D eigenvalue weighted by Crippen LogP contribution is -2.11. The quantitative estimate of drug-likeness (QED) is 0.542. The van der Waals surface area contributed by atoms with E-state index in [1.807, 2.05) is 31.2 Å². The van der Waals surface area contributed by atoms with Gasteiger partial charge < -0.3 is 9.84 Å². The van der Waals surface area contributed by atoms with Crippen molar-refractivity contribution in [2.24, 2.45) is 0 Å². The van der Waals surface area contributed by atoms with Crippen LogP contribution >= 0.6 is 23.1 Å². The summed E-state index contributed by atoms with van der Waals surface area (Å²) < 4.78 is 5.22. The van der Waals surface area contributed by atoms with E-state index in [9.17, 15) is 9.90 Å². The number of carboxylic acid groups (broad SMARTS) is 1. The Morgan fingerprint density at radius 2 is 2.00 bits per heavy atom. The summed E-state index contributed by atoms with van der Waals surface area (Å²) in [6.07, 6.45) is 1.49. The Morgan fingerprint density at radius 3 is 2.62 bits per heavy atom. The summed E-state index contributed by atoms with van der Waals surface area (Å²) >= 11 is 2.83. The molecule has 3 aromatic rings. The second-order valence-corrected chi connectivity index (χ2v) is 7.75. The van der Waals surface area contributed by atoms with Crippen LogP contribution in [0.4, 0.5) is 0 Å². The van der Waals surface area contributed by atoms with E-state index in [1.165, 1.54) is 18.1 Å². The zero-order chi connectivity index (χ0) is 17.3. The van der Waals surface area contributed by atoms with Crippen LogP contribution in [0, 0.1) is 6.92 Å². The maximum absolute atomic E-state index is 11.2. The van der Waals surface area contributed by atoms with Crippen LogP contribution in [0.5, 0.6) is 5.75 Å². The summed E-state index contributed by atoms with van der Waals surface area (Å²) in [4.78, 5) is 21.9. The zero-order valence-corrected chi connectivity index (χ0v) is 15.1. The highest BCUT2D eigenvalue weighted by molar-refractivity contribution is 8.00. The van der Waals surface area contributed by atoms with Crippen molar-refractivity contribution in [3.8, 4) is 16.9 Å². The number of carboxylic acids is 1. The fraction of sp³-hybridized carbons (Fsp3) is 0.235. The second-order valence-electron chi connectivity index (χ2n) is 5.22. The molecule has 0 aliphatic carbocycles. The normalized spacial score (nSPS) is 12.3. The molecule has 1 atom stereocenters. The largest absolute Gasteiger partial charge is 0.497 e. The van der Waals surface area contributed by atoms with Crippen LogP contribution in [0.15, 0.2) is 35.6 Å². The average Bonchev–Trinajstić information content (AvgIpc) is 2.91. The third-order valence-electron chi connectivity index (χ3n) is 3.64. The first-order valence-corrected chi connectivity index (χ1v) is 8.99. The molecule has 24 heavy (non-hydrogen) atoms. The molecular formula is C17H16N2O3S2. The number of ether oxygens (including phenoxy) is 1. The van der Waals surface area contributed by atoms with E-state index in [1.54, 1.807) is 25.4 Å². The topological polar surface area (TPSA) is 72.3 Å². The number of aliphatic carboxylic acids is 1. The number of aryl methyl sites for hydroxylation is 1. The van der Waals surface area contributed by atoms with E-state index in [2.05, 4.69) is 9.97 Å². The molecule has 1 unspecified atom stereocenters. The standard InChI is InChI=1S/C17H16N2O3S2/c1-9-13(11-4-6-12(22-3)7-5-11)14-15(23-9)18-8-19-16(14)24-10(2)17(20)21/h4-8,10H,1-3H3,(H,20,21). The second kappa shape index (κ2) is 6.78. The number of fused-ring (bicyclic) bond motifs is 1. The minimum atomic E-state index is -0.857. The van der Waals surface area contributed by atoms with Gasteiger partial charge in [-0.2, -0.15) is 0 Å². The number of carbonyl (C=O) groups is 1. The molecule has 0 amide bonds. The summed E-state index contributed by atoms with van der Waals surface area (Å²) in [5.74, 6) is -0.0639. The van der Waals surface area contributed by atoms with E-state index >= 15 is 0 Å². The molecule has 2 aromatic heterocycles. The molecule has 0 fully saturated rings. The number of hydrogen-bond donors (Lipinski definition) is 1. The van der Waals surface area contributed by atoms with Gasteiger partial charge in [0.1, 0.15) is 27.2 Å². The lowest BCUT2D eigenvalue weighted by molar-refractivity contribution is -0.136. The van der Waals surface area contributed by atoms with E-state index in [-0.39, 0.29) is 0 Å².